The molecule has 0 spiro atoms. The van der Waals surface area contributed by atoms with E-state index in [2.05, 4.69) is 10.6 Å². The van der Waals surface area contributed by atoms with Crippen LogP contribution in [0, 0.1) is 5.92 Å². The van der Waals surface area contributed by atoms with E-state index in [1.54, 1.807) is 0 Å². The number of hydrogen-bond donors (Lipinski definition) is 2. The van der Waals surface area contributed by atoms with E-state index in [0.29, 0.717) is 13.0 Å². The number of fused-ring (bicyclic) bond motifs is 1. The van der Waals surface area contributed by atoms with Gasteiger partial charge >= 0.3 is 6.09 Å². The first-order valence-electron chi connectivity index (χ1n) is 11.1. The Bertz CT molecular complexity index is 1030. The van der Waals surface area contributed by atoms with Gasteiger partial charge in [-0.2, -0.15) is 0 Å². The average Bonchev–Trinajstić information content (AvgIpc) is 3.29. The topological polar surface area (TPSA) is 84.5 Å². The maximum Gasteiger partial charge on any atom is 0.408 e. The Labute approximate surface area is 188 Å². The third kappa shape index (κ3) is 4.40. The van der Waals surface area contributed by atoms with Crippen LogP contribution in [0.1, 0.15) is 56.3 Å². The normalized spacial score (nSPS) is 24.5. The van der Waals surface area contributed by atoms with E-state index in [1.807, 2.05) is 75.4 Å². The molecule has 1 heterocycles. The number of rotatable bonds is 5. The summed E-state index contributed by atoms with van der Waals surface area (Å²) in [5, 5.41) is 5.85. The summed E-state index contributed by atoms with van der Waals surface area (Å²) in [6.45, 7) is 5.77. The highest BCUT2D eigenvalue weighted by Gasteiger charge is 2.48. The first-order chi connectivity index (χ1) is 15.2. The molecule has 0 saturated carbocycles. The van der Waals surface area contributed by atoms with Crippen LogP contribution in [0.2, 0.25) is 0 Å². The fourth-order valence-electron chi connectivity index (χ4n) is 4.90. The zero-order chi connectivity index (χ0) is 22.9. The van der Waals surface area contributed by atoms with Crippen LogP contribution < -0.4 is 10.6 Å². The molecule has 0 bridgehead atoms. The molecule has 3 atom stereocenters. The first-order valence-corrected chi connectivity index (χ1v) is 11.1. The van der Waals surface area contributed by atoms with Gasteiger partial charge in [0.05, 0.1) is 11.5 Å². The summed E-state index contributed by atoms with van der Waals surface area (Å²) in [6.07, 6.45) is 0.611. The molecule has 2 aromatic rings. The standard InChI is InChI=1S/C26H30N2O4/c1-25(2,3)32-24(31)28-23-18(13-17-9-7-8-12-20(17)23)14-21(29)26(15-22(30)27-16-26)19-10-5-4-6-11-19/h4-12,18,23H,13-16H2,1-3H3,(H,27,30)(H,28,31)/t18-,23-,26?/m1/s1. The van der Waals surface area contributed by atoms with Gasteiger partial charge in [-0.15, -0.1) is 0 Å². The largest absolute Gasteiger partial charge is 0.444 e. The number of Topliss-reactive ketones (excluding diaryl/α,β-unsaturated/α-hetero) is 1. The third-order valence-electron chi connectivity index (χ3n) is 6.37. The highest BCUT2D eigenvalue weighted by atomic mass is 16.6. The summed E-state index contributed by atoms with van der Waals surface area (Å²) in [5.41, 5.74) is 1.52. The second-order valence-electron chi connectivity index (χ2n) is 9.82. The summed E-state index contributed by atoms with van der Waals surface area (Å²) >= 11 is 0. The summed E-state index contributed by atoms with van der Waals surface area (Å²) in [7, 11) is 0. The van der Waals surface area contributed by atoms with Crippen LogP contribution in [0.25, 0.3) is 0 Å². The highest BCUT2D eigenvalue weighted by Crippen LogP contribution is 2.41. The Kier molecular flexibility index (Phi) is 5.80. The van der Waals surface area contributed by atoms with E-state index < -0.39 is 17.1 Å². The van der Waals surface area contributed by atoms with Crippen molar-refractivity contribution in [1.82, 2.24) is 10.6 Å². The number of carbonyl (C=O) groups excluding carboxylic acids is 3. The molecule has 0 aromatic heterocycles. The van der Waals surface area contributed by atoms with Crippen molar-refractivity contribution in [3.8, 4) is 0 Å². The lowest BCUT2D eigenvalue weighted by molar-refractivity contribution is -0.127. The lowest BCUT2D eigenvalue weighted by Gasteiger charge is -2.30. The van der Waals surface area contributed by atoms with Crippen LogP contribution in [0.5, 0.6) is 0 Å². The molecular weight excluding hydrogens is 404 g/mol. The molecule has 168 valence electrons. The molecule has 32 heavy (non-hydrogen) atoms. The molecule has 1 fully saturated rings. The first kappa shape index (κ1) is 22.1. The molecule has 1 aliphatic carbocycles. The van der Waals surface area contributed by atoms with Gasteiger partial charge in [-0.1, -0.05) is 54.6 Å². The van der Waals surface area contributed by atoms with Crippen molar-refractivity contribution in [2.75, 3.05) is 6.54 Å². The van der Waals surface area contributed by atoms with Crippen LogP contribution in [0.3, 0.4) is 0 Å². The van der Waals surface area contributed by atoms with Gasteiger partial charge in [-0.25, -0.2) is 4.79 Å². The second kappa shape index (κ2) is 8.41. The minimum Gasteiger partial charge on any atom is -0.444 e. The molecule has 2 aromatic carbocycles. The molecule has 2 amide bonds. The van der Waals surface area contributed by atoms with Crippen LogP contribution in [-0.2, 0) is 26.2 Å². The predicted molar refractivity (Wildman–Crippen MR) is 121 cm³/mol. The zero-order valence-corrected chi connectivity index (χ0v) is 18.8. The van der Waals surface area contributed by atoms with Gasteiger partial charge in [0.15, 0.2) is 0 Å². The number of amides is 2. The Hall–Kier alpha value is -3.15. The quantitative estimate of drug-likeness (QED) is 0.749. The number of ketones is 1. The molecule has 1 aliphatic heterocycles. The molecule has 6 nitrogen and oxygen atoms in total. The van der Waals surface area contributed by atoms with Crippen molar-refractivity contribution in [1.29, 1.82) is 0 Å². The second-order valence-corrected chi connectivity index (χ2v) is 9.82. The number of nitrogens with one attached hydrogen (secondary N) is 2. The number of ether oxygens (including phenoxy) is 1. The highest BCUT2D eigenvalue weighted by molar-refractivity contribution is 5.98. The Morgan fingerprint density at radius 2 is 1.78 bits per heavy atom. The molecular formula is C26H30N2O4. The average molecular weight is 435 g/mol. The Morgan fingerprint density at radius 1 is 1.09 bits per heavy atom. The van der Waals surface area contributed by atoms with Crippen molar-refractivity contribution in [2.45, 2.75) is 57.1 Å². The van der Waals surface area contributed by atoms with E-state index in [9.17, 15) is 14.4 Å². The maximum absolute atomic E-state index is 13.7. The van der Waals surface area contributed by atoms with Crippen LogP contribution >= 0.6 is 0 Å². The van der Waals surface area contributed by atoms with E-state index in [0.717, 1.165) is 16.7 Å². The van der Waals surface area contributed by atoms with Gasteiger partial charge in [-0.3, -0.25) is 9.59 Å². The van der Waals surface area contributed by atoms with E-state index in [4.69, 9.17) is 4.74 Å². The van der Waals surface area contributed by atoms with Gasteiger partial charge < -0.3 is 15.4 Å². The minimum atomic E-state index is -0.871. The number of carbonyl (C=O) groups is 3. The third-order valence-corrected chi connectivity index (χ3v) is 6.37. The summed E-state index contributed by atoms with van der Waals surface area (Å²) in [5.74, 6) is -0.195. The van der Waals surface area contributed by atoms with E-state index >= 15 is 0 Å². The lowest BCUT2D eigenvalue weighted by atomic mass is 9.72. The van der Waals surface area contributed by atoms with Crippen molar-refractivity contribution >= 4 is 17.8 Å². The fraction of sp³-hybridized carbons (Fsp3) is 0.423. The van der Waals surface area contributed by atoms with Crippen LogP contribution in [0.15, 0.2) is 54.6 Å². The van der Waals surface area contributed by atoms with Crippen molar-refractivity contribution in [3.63, 3.8) is 0 Å². The monoisotopic (exact) mass is 434 g/mol. The lowest BCUT2D eigenvalue weighted by Crippen LogP contribution is -2.41. The Morgan fingerprint density at radius 3 is 2.44 bits per heavy atom. The molecule has 4 rings (SSSR count). The summed E-state index contributed by atoms with van der Waals surface area (Å²) in [4.78, 5) is 38.5. The summed E-state index contributed by atoms with van der Waals surface area (Å²) in [6, 6.07) is 17.2. The fourth-order valence-corrected chi connectivity index (χ4v) is 4.90. The van der Waals surface area contributed by atoms with Gasteiger partial charge in [0, 0.05) is 19.4 Å². The van der Waals surface area contributed by atoms with Crippen molar-refractivity contribution in [3.05, 3.63) is 71.3 Å². The molecule has 0 radical (unpaired) electrons. The van der Waals surface area contributed by atoms with E-state index in [1.165, 1.54) is 0 Å². The SMILES string of the molecule is CC(C)(C)OC(=O)N[C@H]1c2ccccc2C[C@@H]1CC(=O)C1(c2ccccc2)CNC(=O)C1. The van der Waals surface area contributed by atoms with Gasteiger partial charge in [0.2, 0.25) is 5.91 Å². The Balaban J connectivity index is 1.59. The molecule has 2 N–H and O–H groups in total. The van der Waals surface area contributed by atoms with Gasteiger partial charge in [0.25, 0.3) is 0 Å². The molecule has 6 heteroatoms. The smallest absolute Gasteiger partial charge is 0.408 e. The molecule has 2 aliphatic rings. The van der Waals surface area contributed by atoms with Crippen molar-refractivity contribution in [2.24, 2.45) is 5.92 Å². The molecule has 1 saturated heterocycles. The number of alkyl carbamates (subject to hydrolysis) is 1. The van der Waals surface area contributed by atoms with Gasteiger partial charge in [0.1, 0.15) is 11.4 Å². The molecule has 1 unspecified atom stereocenters. The van der Waals surface area contributed by atoms with E-state index in [-0.39, 0.29) is 36.5 Å². The predicted octanol–water partition coefficient (Wildman–Crippen LogP) is 3.84. The van der Waals surface area contributed by atoms with Crippen LogP contribution in [-0.4, -0.2) is 29.9 Å². The minimum absolute atomic E-state index is 0.0239. The zero-order valence-electron chi connectivity index (χ0n) is 18.8. The van der Waals surface area contributed by atoms with Gasteiger partial charge in [-0.05, 0) is 49.8 Å². The maximum atomic E-state index is 13.7. The van der Waals surface area contributed by atoms with Crippen LogP contribution in [0.4, 0.5) is 4.79 Å². The number of hydrogen-bond acceptors (Lipinski definition) is 4. The number of benzene rings is 2. The summed E-state index contributed by atoms with van der Waals surface area (Å²) < 4.78 is 5.48. The van der Waals surface area contributed by atoms with Crippen molar-refractivity contribution < 1.29 is 19.1 Å².